The topological polar surface area (TPSA) is 12.0 Å². The first-order valence-electron chi connectivity index (χ1n) is 5.63. The molecule has 0 aromatic heterocycles. The van der Waals surface area contributed by atoms with Gasteiger partial charge in [0.25, 0.3) is 0 Å². The van der Waals surface area contributed by atoms with Crippen molar-refractivity contribution in [2.45, 2.75) is 52.9 Å². The summed E-state index contributed by atoms with van der Waals surface area (Å²) in [7, 11) is 0. The molecule has 0 heterocycles. The first-order chi connectivity index (χ1) is 6.31. The average Bonchev–Trinajstić information content (AvgIpc) is 2.16. The summed E-state index contributed by atoms with van der Waals surface area (Å²) in [6.45, 7) is 8.76. The van der Waals surface area contributed by atoms with Crippen LogP contribution in [-0.2, 0) is 0 Å². The second kappa shape index (κ2) is 9.79. The first-order valence-corrected chi connectivity index (χ1v) is 5.63. The van der Waals surface area contributed by atoms with Crippen LogP contribution < -0.4 is 5.32 Å². The Morgan fingerprint density at radius 1 is 1.15 bits per heavy atom. The Bertz CT molecular complexity index is 127. The van der Waals surface area contributed by atoms with Gasteiger partial charge in [-0.3, -0.25) is 0 Å². The lowest BCUT2D eigenvalue weighted by atomic mass is 10.1. The van der Waals surface area contributed by atoms with Gasteiger partial charge >= 0.3 is 0 Å². The van der Waals surface area contributed by atoms with E-state index in [9.17, 15) is 0 Å². The molecule has 0 amide bonds. The molecule has 0 aromatic rings. The Morgan fingerprint density at radius 2 is 1.85 bits per heavy atom. The summed E-state index contributed by atoms with van der Waals surface area (Å²) in [5.74, 6) is 0. The predicted molar refractivity (Wildman–Crippen MR) is 61.1 cm³/mol. The molecule has 0 fully saturated rings. The van der Waals surface area contributed by atoms with Crippen LogP contribution in [0.3, 0.4) is 0 Å². The van der Waals surface area contributed by atoms with Crippen molar-refractivity contribution >= 4 is 0 Å². The Morgan fingerprint density at radius 3 is 2.46 bits per heavy atom. The van der Waals surface area contributed by atoms with Crippen LogP contribution in [0.2, 0.25) is 0 Å². The maximum Gasteiger partial charge on any atom is 0.0161 e. The molecule has 1 N–H and O–H groups in total. The van der Waals surface area contributed by atoms with Crippen molar-refractivity contribution in [3.8, 4) is 0 Å². The zero-order valence-electron chi connectivity index (χ0n) is 9.53. The van der Waals surface area contributed by atoms with Gasteiger partial charge in [0.05, 0.1) is 0 Å². The van der Waals surface area contributed by atoms with Crippen LogP contribution in [0.1, 0.15) is 52.9 Å². The summed E-state index contributed by atoms with van der Waals surface area (Å²) in [6.07, 6.45) is 9.02. The van der Waals surface area contributed by atoms with Gasteiger partial charge in [0.2, 0.25) is 0 Å². The average molecular weight is 183 g/mol. The molecule has 0 aromatic carbocycles. The van der Waals surface area contributed by atoms with E-state index in [0.29, 0.717) is 0 Å². The van der Waals surface area contributed by atoms with Gasteiger partial charge in [-0.1, -0.05) is 44.3 Å². The van der Waals surface area contributed by atoms with Crippen molar-refractivity contribution in [1.29, 1.82) is 0 Å². The second-order valence-electron chi connectivity index (χ2n) is 3.73. The monoisotopic (exact) mass is 183 g/mol. The van der Waals surface area contributed by atoms with Crippen molar-refractivity contribution in [1.82, 2.24) is 5.32 Å². The van der Waals surface area contributed by atoms with E-state index in [-0.39, 0.29) is 0 Å². The molecule has 13 heavy (non-hydrogen) atoms. The lowest BCUT2D eigenvalue weighted by Crippen LogP contribution is -2.17. The zero-order valence-corrected chi connectivity index (χ0v) is 9.53. The predicted octanol–water partition coefficient (Wildman–Crippen LogP) is 3.51. The molecule has 0 saturated carbocycles. The van der Waals surface area contributed by atoms with Gasteiger partial charge in [-0.25, -0.2) is 0 Å². The largest absolute Gasteiger partial charge is 0.313 e. The third-order valence-corrected chi connectivity index (χ3v) is 2.35. The van der Waals surface area contributed by atoms with Gasteiger partial charge in [-0.15, -0.1) is 0 Å². The Hall–Kier alpha value is -0.300. The van der Waals surface area contributed by atoms with E-state index < -0.39 is 0 Å². The van der Waals surface area contributed by atoms with Gasteiger partial charge in [-0.05, 0) is 26.8 Å². The van der Waals surface area contributed by atoms with Gasteiger partial charge in [0, 0.05) is 6.54 Å². The van der Waals surface area contributed by atoms with E-state index in [0.717, 1.165) is 6.54 Å². The van der Waals surface area contributed by atoms with E-state index in [1.54, 1.807) is 0 Å². The standard InChI is InChI=1S/C12H25N/c1-4-6-7-8-9-10-13-11-12(3)5-2/h5,13H,4,6-11H2,1-3H3. The molecular weight excluding hydrogens is 158 g/mol. The molecular formula is C12H25N. The third kappa shape index (κ3) is 9.62. The van der Waals surface area contributed by atoms with Crippen molar-refractivity contribution in [2.75, 3.05) is 13.1 Å². The van der Waals surface area contributed by atoms with Crippen molar-refractivity contribution < 1.29 is 0 Å². The second-order valence-corrected chi connectivity index (χ2v) is 3.73. The fourth-order valence-corrected chi connectivity index (χ4v) is 1.24. The number of hydrogen-bond donors (Lipinski definition) is 1. The van der Waals surface area contributed by atoms with Crippen LogP contribution in [-0.4, -0.2) is 13.1 Å². The highest BCUT2D eigenvalue weighted by Crippen LogP contribution is 2.01. The lowest BCUT2D eigenvalue weighted by molar-refractivity contribution is 0.597. The highest BCUT2D eigenvalue weighted by atomic mass is 14.8. The van der Waals surface area contributed by atoms with Gasteiger partial charge in [-0.2, -0.15) is 0 Å². The summed E-state index contributed by atoms with van der Waals surface area (Å²) in [4.78, 5) is 0. The maximum absolute atomic E-state index is 3.44. The van der Waals surface area contributed by atoms with E-state index in [1.807, 2.05) is 0 Å². The van der Waals surface area contributed by atoms with E-state index in [1.165, 1.54) is 44.2 Å². The molecule has 0 spiro atoms. The van der Waals surface area contributed by atoms with Crippen molar-refractivity contribution in [3.63, 3.8) is 0 Å². The van der Waals surface area contributed by atoms with E-state index in [4.69, 9.17) is 0 Å². The molecule has 1 heteroatoms. The molecule has 0 aliphatic heterocycles. The minimum Gasteiger partial charge on any atom is -0.313 e. The molecule has 0 radical (unpaired) electrons. The van der Waals surface area contributed by atoms with Gasteiger partial charge < -0.3 is 5.32 Å². The molecule has 0 bridgehead atoms. The Labute approximate surface area is 83.6 Å². The lowest BCUT2D eigenvalue weighted by Gasteiger charge is -2.04. The molecule has 0 rings (SSSR count). The molecule has 1 nitrogen and oxygen atoms in total. The third-order valence-electron chi connectivity index (χ3n) is 2.35. The quantitative estimate of drug-likeness (QED) is 0.448. The summed E-state index contributed by atoms with van der Waals surface area (Å²) in [6, 6.07) is 0. The summed E-state index contributed by atoms with van der Waals surface area (Å²) < 4.78 is 0. The molecule has 0 aliphatic rings. The first kappa shape index (κ1) is 12.7. The van der Waals surface area contributed by atoms with Gasteiger partial charge in [0.1, 0.15) is 0 Å². The minimum atomic E-state index is 1.06. The van der Waals surface area contributed by atoms with Crippen molar-refractivity contribution in [3.05, 3.63) is 11.6 Å². The Balaban J connectivity index is 3.00. The smallest absolute Gasteiger partial charge is 0.0161 e. The van der Waals surface area contributed by atoms with Crippen LogP contribution in [0.4, 0.5) is 0 Å². The molecule has 0 aliphatic carbocycles. The highest BCUT2D eigenvalue weighted by molar-refractivity contribution is 4.97. The fraction of sp³-hybridized carbons (Fsp3) is 0.833. The highest BCUT2D eigenvalue weighted by Gasteiger charge is 1.89. The molecule has 0 saturated heterocycles. The molecule has 0 atom stereocenters. The Kier molecular flexibility index (Phi) is 9.56. The zero-order chi connectivity index (χ0) is 9.94. The SMILES string of the molecule is CC=C(C)CNCCCCCCC. The number of nitrogens with one attached hydrogen (secondary N) is 1. The number of unbranched alkanes of at least 4 members (excludes halogenated alkanes) is 4. The van der Waals surface area contributed by atoms with Crippen LogP contribution in [0.25, 0.3) is 0 Å². The molecule has 0 unspecified atom stereocenters. The number of allylic oxidation sites excluding steroid dienone is 1. The van der Waals surface area contributed by atoms with E-state index in [2.05, 4.69) is 32.2 Å². The summed E-state index contributed by atoms with van der Waals surface area (Å²) in [5.41, 5.74) is 1.44. The van der Waals surface area contributed by atoms with Crippen LogP contribution >= 0.6 is 0 Å². The van der Waals surface area contributed by atoms with Crippen LogP contribution in [0.15, 0.2) is 11.6 Å². The summed E-state index contributed by atoms with van der Waals surface area (Å²) in [5, 5.41) is 3.44. The number of hydrogen-bond acceptors (Lipinski definition) is 1. The van der Waals surface area contributed by atoms with Crippen molar-refractivity contribution in [2.24, 2.45) is 0 Å². The normalized spacial score (nSPS) is 12.1. The van der Waals surface area contributed by atoms with E-state index >= 15 is 0 Å². The summed E-state index contributed by atoms with van der Waals surface area (Å²) >= 11 is 0. The number of rotatable bonds is 8. The molecule has 78 valence electrons. The van der Waals surface area contributed by atoms with Gasteiger partial charge in [0.15, 0.2) is 0 Å². The van der Waals surface area contributed by atoms with Crippen LogP contribution in [0.5, 0.6) is 0 Å². The minimum absolute atomic E-state index is 1.06. The fourth-order valence-electron chi connectivity index (χ4n) is 1.24. The maximum atomic E-state index is 3.44. The van der Waals surface area contributed by atoms with Crippen LogP contribution in [0, 0.1) is 0 Å².